The SMILES string of the molecule is COc1cc(CCC(=O)N2CCN(S(=O)(=O)c3c(C)cc(C)cc3C)CC2)cc(OC)c1. The van der Waals surface area contributed by atoms with Crippen LogP contribution in [0.2, 0.25) is 0 Å². The summed E-state index contributed by atoms with van der Waals surface area (Å²) in [5, 5.41) is 0. The Bertz CT molecular complexity index is 1040. The van der Waals surface area contributed by atoms with Gasteiger partial charge in [-0.15, -0.1) is 0 Å². The van der Waals surface area contributed by atoms with Gasteiger partial charge < -0.3 is 14.4 Å². The maximum Gasteiger partial charge on any atom is 0.243 e. The molecule has 1 heterocycles. The zero-order chi connectivity index (χ0) is 23.5. The maximum absolute atomic E-state index is 13.2. The van der Waals surface area contributed by atoms with Gasteiger partial charge in [-0.05, 0) is 56.0 Å². The van der Waals surface area contributed by atoms with Crippen LogP contribution in [0.4, 0.5) is 0 Å². The van der Waals surface area contributed by atoms with E-state index in [-0.39, 0.29) is 5.91 Å². The summed E-state index contributed by atoms with van der Waals surface area (Å²) in [5.41, 5.74) is 3.52. The number of hydrogen-bond acceptors (Lipinski definition) is 5. The number of carbonyl (C=O) groups is 1. The molecule has 3 rings (SSSR count). The van der Waals surface area contributed by atoms with Crippen LogP contribution in [0.25, 0.3) is 0 Å². The molecule has 1 fully saturated rings. The van der Waals surface area contributed by atoms with Crippen molar-refractivity contribution in [3.05, 3.63) is 52.6 Å². The second-order valence-electron chi connectivity index (χ2n) is 8.23. The largest absolute Gasteiger partial charge is 0.497 e. The molecular weight excluding hydrogens is 428 g/mol. The van der Waals surface area contributed by atoms with E-state index >= 15 is 0 Å². The Morgan fingerprint density at radius 2 is 1.41 bits per heavy atom. The molecule has 0 radical (unpaired) electrons. The van der Waals surface area contributed by atoms with Gasteiger partial charge in [-0.25, -0.2) is 8.42 Å². The third-order valence-electron chi connectivity index (χ3n) is 5.83. The smallest absolute Gasteiger partial charge is 0.243 e. The lowest BCUT2D eigenvalue weighted by Gasteiger charge is -2.34. The Balaban J connectivity index is 1.61. The predicted molar refractivity (Wildman–Crippen MR) is 124 cm³/mol. The minimum absolute atomic E-state index is 0.0199. The molecule has 0 bridgehead atoms. The highest BCUT2D eigenvalue weighted by Crippen LogP contribution is 2.27. The molecule has 32 heavy (non-hydrogen) atoms. The van der Waals surface area contributed by atoms with Crippen molar-refractivity contribution < 1.29 is 22.7 Å². The summed E-state index contributed by atoms with van der Waals surface area (Å²) < 4.78 is 38.6. The molecule has 0 saturated carbocycles. The molecule has 0 atom stereocenters. The van der Waals surface area contributed by atoms with Crippen molar-refractivity contribution in [2.45, 2.75) is 38.5 Å². The average molecular weight is 461 g/mol. The number of nitrogens with zero attached hydrogens (tertiary/aromatic N) is 2. The standard InChI is InChI=1S/C24H32N2O5S/c1-17-12-18(2)24(19(3)13-17)32(28,29)26-10-8-25(9-11-26)23(27)7-6-20-14-21(30-4)16-22(15-20)31-5/h12-16H,6-11H2,1-5H3. The van der Waals surface area contributed by atoms with Gasteiger partial charge in [0.15, 0.2) is 0 Å². The monoisotopic (exact) mass is 460 g/mol. The molecule has 0 spiro atoms. The highest BCUT2D eigenvalue weighted by molar-refractivity contribution is 7.89. The van der Waals surface area contributed by atoms with Crippen LogP contribution >= 0.6 is 0 Å². The van der Waals surface area contributed by atoms with Gasteiger partial charge in [0.2, 0.25) is 15.9 Å². The van der Waals surface area contributed by atoms with Gasteiger partial charge in [-0.3, -0.25) is 4.79 Å². The van der Waals surface area contributed by atoms with Crippen LogP contribution < -0.4 is 9.47 Å². The Labute approximate surface area is 191 Å². The summed E-state index contributed by atoms with van der Waals surface area (Å²) in [4.78, 5) is 14.9. The predicted octanol–water partition coefficient (Wildman–Crippen LogP) is 3.09. The second kappa shape index (κ2) is 9.92. The first-order valence-corrected chi connectivity index (χ1v) is 12.2. The molecule has 1 aliphatic heterocycles. The van der Waals surface area contributed by atoms with Crippen molar-refractivity contribution in [3.8, 4) is 11.5 Å². The molecule has 1 amide bonds. The van der Waals surface area contributed by atoms with Crippen LogP contribution in [0.15, 0.2) is 35.2 Å². The number of sulfonamides is 1. The van der Waals surface area contributed by atoms with E-state index in [1.165, 1.54) is 4.31 Å². The van der Waals surface area contributed by atoms with Crippen molar-refractivity contribution in [1.82, 2.24) is 9.21 Å². The van der Waals surface area contributed by atoms with Crippen LogP contribution in [0.5, 0.6) is 11.5 Å². The number of rotatable bonds is 7. The fraction of sp³-hybridized carbons (Fsp3) is 0.458. The summed E-state index contributed by atoms with van der Waals surface area (Å²) in [7, 11) is -0.404. The summed E-state index contributed by atoms with van der Waals surface area (Å²) in [6, 6.07) is 9.38. The van der Waals surface area contributed by atoms with E-state index in [1.807, 2.05) is 45.0 Å². The lowest BCUT2D eigenvalue weighted by Crippen LogP contribution is -2.50. The van der Waals surface area contributed by atoms with Gasteiger partial charge in [-0.2, -0.15) is 4.31 Å². The van der Waals surface area contributed by atoms with E-state index < -0.39 is 10.0 Å². The van der Waals surface area contributed by atoms with Crippen LogP contribution in [-0.2, 0) is 21.2 Å². The van der Waals surface area contributed by atoms with E-state index in [0.29, 0.717) is 55.4 Å². The summed E-state index contributed by atoms with van der Waals surface area (Å²) >= 11 is 0. The number of aryl methyl sites for hydroxylation is 4. The molecule has 0 N–H and O–H groups in total. The number of ether oxygens (including phenoxy) is 2. The van der Waals surface area contributed by atoms with Gasteiger partial charge in [0.1, 0.15) is 11.5 Å². The van der Waals surface area contributed by atoms with Crippen LogP contribution in [-0.4, -0.2) is 63.9 Å². The molecule has 8 heteroatoms. The Hall–Kier alpha value is -2.58. The molecule has 0 unspecified atom stereocenters. The molecule has 174 valence electrons. The van der Waals surface area contributed by atoms with Crippen molar-refractivity contribution in [3.63, 3.8) is 0 Å². The minimum Gasteiger partial charge on any atom is -0.497 e. The summed E-state index contributed by atoms with van der Waals surface area (Å²) in [5.74, 6) is 1.39. The lowest BCUT2D eigenvalue weighted by atomic mass is 10.1. The molecular formula is C24H32N2O5S. The Morgan fingerprint density at radius 1 is 0.875 bits per heavy atom. The van der Waals surface area contributed by atoms with Crippen molar-refractivity contribution >= 4 is 15.9 Å². The minimum atomic E-state index is -3.59. The van der Waals surface area contributed by atoms with Crippen LogP contribution in [0.3, 0.4) is 0 Å². The number of methoxy groups -OCH3 is 2. The molecule has 7 nitrogen and oxygen atoms in total. The number of hydrogen-bond donors (Lipinski definition) is 0. The lowest BCUT2D eigenvalue weighted by molar-refractivity contribution is -0.132. The fourth-order valence-corrected chi connectivity index (χ4v) is 6.13. The first kappa shape index (κ1) is 24.1. The molecule has 0 aromatic heterocycles. The zero-order valence-corrected chi connectivity index (χ0v) is 20.3. The van der Waals surface area contributed by atoms with E-state index in [0.717, 1.165) is 22.3 Å². The van der Waals surface area contributed by atoms with Crippen molar-refractivity contribution in [2.24, 2.45) is 0 Å². The zero-order valence-electron chi connectivity index (χ0n) is 19.5. The van der Waals surface area contributed by atoms with Gasteiger partial charge in [0.05, 0.1) is 19.1 Å². The molecule has 1 aliphatic rings. The number of amides is 1. The van der Waals surface area contributed by atoms with Crippen molar-refractivity contribution in [1.29, 1.82) is 0 Å². The second-order valence-corrected chi connectivity index (χ2v) is 10.1. The van der Waals surface area contributed by atoms with Gasteiger partial charge in [-0.1, -0.05) is 17.7 Å². The highest BCUT2D eigenvalue weighted by atomic mass is 32.2. The number of carbonyl (C=O) groups excluding carboxylic acids is 1. The Kier molecular flexibility index (Phi) is 7.46. The van der Waals surface area contributed by atoms with E-state index in [1.54, 1.807) is 25.2 Å². The Morgan fingerprint density at radius 3 is 1.91 bits per heavy atom. The topological polar surface area (TPSA) is 76.2 Å². The third kappa shape index (κ3) is 5.24. The van der Waals surface area contributed by atoms with Gasteiger partial charge in [0, 0.05) is 38.7 Å². The average Bonchev–Trinajstić information content (AvgIpc) is 2.76. The number of piperazine rings is 1. The highest BCUT2D eigenvalue weighted by Gasteiger charge is 2.32. The molecule has 1 saturated heterocycles. The van der Waals surface area contributed by atoms with E-state index in [4.69, 9.17) is 9.47 Å². The van der Waals surface area contributed by atoms with Crippen LogP contribution in [0, 0.1) is 20.8 Å². The first-order valence-electron chi connectivity index (χ1n) is 10.7. The van der Waals surface area contributed by atoms with Gasteiger partial charge in [0.25, 0.3) is 0 Å². The number of benzene rings is 2. The van der Waals surface area contributed by atoms with E-state index in [2.05, 4.69) is 0 Å². The molecule has 2 aromatic rings. The quantitative estimate of drug-likeness (QED) is 0.635. The van der Waals surface area contributed by atoms with Crippen LogP contribution in [0.1, 0.15) is 28.7 Å². The summed E-state index contributed by atoms with van der Waals surface area (Å²) in [6.45, 7) is 7.01. The normalized spacial score (nSPS) is 15.0. The van der Waals surface area contributed by atoms with E-state index in [9.17, 15) is 13.2 Å². The van der Waals surface area contributed by atoms with Gasteiger partial charge >= 0.3 is 0 Å². The molecule has 2 aromatic carbocycles. The molecule has 0 aliphatic carbocycles. The van der Waals surface area contributed by atoms with Crippen molar-refractivity contribution in [2.75, 3.05) is 40.4 Å². The third-order valence-corrected chi connectivity index (χ3v) is 8.04. The maximum atomic E-state index is 13.2. The summed E-state index contributed by atoms with van der Waals surface area (Å²) in [6.07, 6.45) is 0.909. The first-order chi connectivity index (χ1) is 15.1. The fourth-order valence-electron chi connectivity index (χ4n) is 4.30.